The summed E-state index contributed by atoms with van der Waals surface area (Å²) in [5, 5.41) is 5.70. The minimum Gasteiger partial charge on any atom is -0.469 e. The molecule has 1 aromatic heterocycles. The zero-order valence-corrected chi connectivity index (χ0v) is 11.6. The Labute approximate surface area is 119 Å². The Morgan fingerprint density at radius 1 is 1.19 bits per heavy atom. The summed E-state index contributed by atoms with van der Waals surface area (Å²) in [7, 11) is 2.40. The van der Waals surface area contributed by atoms with Gasteiger partial charge in [-0.3, -0.25) is 19.2 Å². The summed E-state index contributed by atoms with van der Waals surface area (Å²) in [6, 6.07) is 2.36. The number of carbonyl (C=O) groups is 3. The van der Waals surface area contributed by atoms with Crippen molar-refractivity contribution < 1.29 is 23.9 Å². The van der Waals surface area contributed by atoms with Gasteiger partial charge in [-0.05, 0) is 6.07 Å². The van der Waals surface area contributed by atoms with Crippen molar-refractivity contribution in [2.75, 3.05) is 27.3 Å². The molecule has 9 heteroatoms. The molecule has 114 valence electrons. The minimum atomic E-state index is -0.641. The molecule has 1 heterocycles. The molecule has 1 N–H and O–H groups in total. The average molecular weight is 297 g/mol. The van der Waals surface area contributed by atoms with Crippen LogP contribution in [0.1, 0.15) is 16.9 Å². The SMILES string of the molecule is COC(=O)CCN(CC(=O)OC)C(=O)c1ccc(=O)[nH]n1. The molecule has 0 saturated carbocycles. The van der Waals surface area contributed by atoms with Crippen molar-refractivity contribution in [2.24, 2.45) is 0 Å². The lowest BCUT2D eigenvalue weighted by Crippen LogP contribution is -2.38. The van der Waals surface area contributed by atoms with E-state index in [2.05, 4.69) is 19.7 Å². The Balaban J connectivity index is 2.85. The Morgan fingerprint density at radius 3 is 2.38 bits per heavy atom. The number of rotatable bonds is 6. The minimum absolute atomic E-state index is 0.0403. The lowest BCUT2D eigenvalue weighted by Gasteiger charge is -2.20. The number of hydrogen-bond donors (Lipinski definition) is 1. The number of aromatic amines is 1. The first-order valence-electron chi connectivity index (χ1n) is 5.96. The number of carbonyl (C=O) groups excluding carboxylic acids is 3. The van der Waals surface area contributed by atoms with Crippen LogP contribution in [0, 0.1) is 0 Å². The summed E-state index contributed by atoms with van der Waals surface area (Å²) in [6.45, 7) is -0.380. The molecule has 21 heavy (non-hydrogen) atoms. The molecule has 0 unspecified atom stereocenters. The van der Waals surface area contributed by atoms with Gasteiger partial charge in [-0.2, -0.15) is 5.10 Å². The van der Waals surface area contributed by atoms with Crippen molar-refractivity contribution in [1.82, 2.24) is 15.1 Å². The van der Waals surface area contributed by atoms with Gasteiger partial charge >= 0.3 is 11.9 Å². The number of nitrogens with zero attached hydrogens (tertiary/aromatic N) is 2. The third-order valence-corrected chi connectivity index (χ3v) is 2.55. The molecule has 0 aliphatic rings. The first-order valence-corrected chi connectivity index (χ1v) is 5.96. The molecule has 0 aliphatic heterocycles. The van der Waals surface area contributed by atoms with Gasteiger partial charge in [0.1, 0.15) is 12.2 Å². The van der Waals surface area contributed by atoms with E-state index in [1.807, 2.05) is 0 Å². The quantitative estimate of drug-likeness (QED) is 0.665. The van der Waals surface area contributed by atoms with Crippen LogP contribution in [-0.4, -0.2) is 60.3 Å². The summed E-state index contributed by atoms with van der Waals surface area (Å²) < 4.78 is 8.97. The van der Waals surface area contributed by atoms with Gasteiger partial charge in [-0.25, -0.2) is 5.10 Å². The van der Waals surface area contributed by atoms with Gasteiger partial charge in [0.15, 0.2) is 0 Å². The van der Waals surface area contributed by atoms with Gasteiger partial charge in [-0.15, -0.1) is 0 Å². The molecule has 0 aromatic carbocycles. The first-order chi connectivity index (χ1) is 9.97. The van der Waals surface area contributed by atoms with Crippen molar-refractivity contribution in [3.8, 4) is 0 Å². The standard InChI is InChI=1S/C12H15N3O6/c1-20-10(17)5-6-15(7-11(18)21-2)12(19)8-3-4-9(16)14-13-8/h3-4H,5-7H2,1-2H3,(H,14,16). The van der Waals surface area contributed by atoms with Crippen LogP contribution in [0.25, 0.3) is 0 Å². The summed E-state index contributed by atoms with van der Waals surface area (Å²) in [5.74, 6) is -1.77. The molecule has 0 radical (unpaired) electrons. The number of amides is 1. The van der Waals surface area contributed by atoms with E-state index in [-0.39, 0.29) is 25.2 Å². The van der Waals surface area contributed by atoms with E-state index in [1.165, 1.54) is 20.3 Å². The lowest BCUT2D eigenvalue weighted by atomic mass is 10.3. The molecule has 1 rings (SSSR count). The van der Waals surface area contributed by atoms with Crippen molar-refractivity contribution in [3.63, 3.8) is 0 Å². The number of H-pyrrole nitrogens is 1. The monoisotopic (exact) mass is 297 g/mol. The van der Waals surface area contributed by atoms with E-state index >= 15 is 0 Å². The van der Waals surface area contributed by atoms with Crippen molar-refractivity contribution in [3.05, 3.63) is 28.2 Å². The molecular formula is C12H15N3O6. The maximum atomic E-state index is 12.2. The Kier molecular flexibility index (Phi) is 6.05. The van der Waals surface area contributed by atoms with Gasteiger partial charge in [0.2, 0.25) is 0 Å². The van der Waals surface area contributed by atoms with E-state index in [0.717, 1.165) is 11.0 Å². The van der Waals surface area contributed by atoms with Gasteiger partial charge in [-0.1, -0.05) is 0 Å². The molecule has 9 nitrogen and oxygen atoms in total. The van der Waals surface area contributed by atoms with Crippen molar-refractivity contribution in [2.45, 2.75) is 6.42 Å². The molecule has 0 saturated heterocycles. The number of methoxy groups -OCH3 is 2. The summed E-state index contributed by atoms with van der Waals surface area (Å²) in [5.41, 5.74) is -0.510. The predicted molar refractivity (Wildman–Crippen MR) is 69.4 cm³/mol. The highest BCUT2D eigenvalue weighted by atomic mass is 16.5. The number of ether oxygens (including phenoxy) is 2. The largest absolute Gasteiger partial charge is 0.469 e. The van der Waals surface area contributed by atoms with E-state index in [1.54, 1.807) is 0 Å². The normalized spacial score (nSPS) is 9.81. The second-order valence-electron chi connectivity index (χ2n) is 3.94. The van der Waals surface area contributed by atoms with Gasteiger partial charge in [0, 0.05) is 12.6 Å². The Hall–Kier alpha value is -2.71. The average Bonchev–Trinajstić information content (AvgIpc) is 2.50. The Morgan fingerprint density at radius 2 is 1.86 bits per heavy atom. The highest BCUT2D eigenvalue weighted by Crippen LogP contribution is 2.02. The zero-order chi connectivity index (χ0) is 15.8. The molecule has 0 fully saturated rings. The van der Waals surface area contributed by atoms with Gasteiger partial charge in [0.05, 0.1) is 20.6 Å². The number of esters is 2. The Bertz CT molecular complexity index is 562. The zero-order valence-electron chi connectivity index (χ0n) is 11.6. The number of hydrogen-bond acceptors (Lipinski definition) is 7. The maximum absolute atomic E-state index is 12.2. The lowest BCUT2D eigenvalue weighted by molar-refractivity contribution is -0.143. The van der Waals surface area contributed by atoms with Crippen LogP contribution in [-0.2, 0) is 19.1 Å². The third kappa shape index (κ3) is 5.05. The van der Waals surface area contributed by atoms with Crippen LogP contribution in [0.2, 0.25) is 0 Å². The second kappa shape index (κ2) is 7.78. The summed E-state index contributed by atoms with van der Waals surface area (Å²) >= 11 is 0. The van der Waals surface area contributed by atoms with E-state index in [0.29, 0.717) is 0 Å². The fraction of sp³-hybridized carbons (Fsp3) is 0.417. The summed E-state index contributed by atoms with van der Waals surface area (Å²) in [6.07, 6.45) is -0.0808. The van der Waals surface area contributed by atoms with E-state index < -0.39 is 23.4 Å². The molecule has 0 spiro atoms. The highest BCUT2D eigenvalue weighted by molar-refractivity contribution is 5.94. The number of aromatic nitrogens is 2. The first kappa shape index (κ1) is 16.3. The van der Waals surface area contributed by atoms with E-state index in [9.17, 15) is 19.2 Å². The van der Waals surface area contributed by atoms with Crippen LogP contribution in [0.4, 0.5) is 0 Å². The van der Waals surface area contributed by atoms with Gasteiger partial charge in [0.25, 0.3) is 11.5 Å². The van der Waals surface area contributed by atoms with Crippen LogP contribution in [0.15, 0.2) is 16.9 Å². The smallest absolute Gasteiger partial charge is 0.325 e. The van der Waals surface area contributed by atoms with Crippen molar-refractivity contribution in [1.29, 1.82) is 0 Å². The molecule has 0 atom stereocenters. The van der Waals surface area contributed by atoms with Crippen molar-refractivity contribution >= 4 is 17.8 Å². The van der Waals surface area contributed by atoms with Crippen LogP contribution < -0.4 is 5.56 Å². The van der Waals surface area contributed by atoms with Crippen LogP contribution in [0.3, 0.4) is 0 Å². The molecule has 1 amide bonds. The highest BCUT2D eigenvalue weighted by Gasteiger charge is 2.21. The fourth-order valence-electron chi connectivity index (χ4n) is 1.43. The maximum Gasteiger partial charge on any atom is 0.325 e. The molecular weight excluding hydrogens is 282 g/mol. The second-order valence-corrected chi connectivity index (χ2v) is 3.94. The molecule has 0 aliphatic carbocycles. The van der Waals surface area contributed by atoms with E-state index in [4.69, 9.17) is 0 Å². The fourth-order valence-corrected chi connectivity index (χ4v) is 1.43. The predicted octanol–water partition coefficient (Wildman–Crippen LogP) is -1.05. The third-order valence-electron chi connectivity index (χ3n) is 2.55. The van der Waals surface area contributed by atoms with Crippen LogP contribution in [0.5, 0.6) is 0 Å². The molecule has 0 bridgehead atoms. The van der Waals surface area contributed by atoms with Crippen LogP contribution >= 0.6 is 0 Å². The van der Waals surface area contributed by atoms with Gasteiger partial charge < -0.3 is 14.4 Å². The number of nitrogens with one attached hydrogen (secondary N) is 1. The summed E-state index contributed by atoms with van der Waals surface area (Å²) in [4.78, 5) is 46.6. The molecule has 1 aromatic rings. The topological polar surface area (TPSA) is 119 Å².